The topological polar surface area (TPSA) is 108 Å². The van der Waals surface area contributed by atoms with Gasteiger partial charge in [-0.2, -0.15) is 5.10 Å². The second kappa shape index (κ2) is 8.09. The van der Waals surface area contributed by atoms with Crippen LogP contribution in [0.1, 0.15) is 44.0 Å². The highest BCUT2D eigenvalue weighted by Crippen LogP contribution is 2.21. The summed E-state index contributed by atoms with van der Waals surface area (Å²) in [5, 5.41) is 15.0. The smallest absolute Gasteiger partial charge is 0.328 e. The number of esters is 1. The van der Waals surface area contributed by atoms with E-state index >= 15 is 0 Å². The molecular formula is C16H24N4O5. The van der Waals surface area contributed by atoms with Crippen LogP contribution in [0.15, 0.2) is 0 Å². The number of amides is 1. The molecular weight excluding hydrogens is 328 g/mol. The van der Waals surface area contributed by atoms with E-state index in [9.17, 15) is 19.7 Å². The number of carbonyl (C=O) groups excluding carboxylic acids is 2. The molecule has 25 heavy (non-hydrogen) atoms. The number of likely N-dealkylation sites (tertiary alicyclic amines) is 1. The maximum Gasteiger partial charge on any atom is 0.328 e. The van der Waals surface area contributed by atoms with E-state index in [1.165, 1.54) is 18.5 Å². The predicted octanol–water partition coefficient (Wildman–Crippen LogP) is 1.74. The minimum atomic E-state index is -0.877. The third-order valence-corrected chi connectivity index (χ3v) is 4.38. The van der Waals surface area contributed by atoms with Crippen molar-refractivity contribution < 1.29 is 19.2 Å². The Kier molecular flexibility index (Phi) is 6.11. The number of aryl methyl sites for hydroxylation is 1. The maximum atomic E-state index is 12.4. The average molecular weight is 352 g/mol. The molecule has 1 aromatic rings. The van der Waals surface area contributed by atoms with Crippen LogP contribution < -0.4 is 0 Å². The van der Waals surface area contributed by atoms with E-state index in [1.807, 2.05) is 0 Å². The van der Waals surface area contributed by atoms with Gasteiger partial charge in [0, 0.05) is 13.1 Å². The van der Waals surface area contributed by atoms with Crippen molar-refractivity contribution in [3.8, 4) is 0 Å². The maximum absolute atomic E-state index is 12.4. The van der Waals surface area contributed by atoms with E-state index in [0.717, 1.165) is 25.7 Å². The Morgan fingerprint density at radius 2 is 1.84 bits per heavy atom. The Labute approximate surface area is 146 Å². The Balaban J connectivity index is 1.96. The number of ether oxygens (including phenoxy) is 1. The summed E-state index contributed by atoms with van der Waals surface area (Å²) in [6.45, 7) is 5.69. The van der Waals surface area contributed by atoms with Gasteiger partial charge in [0.25, 0.3) is 5.91 Å². The van der Waals surface area contributed by atoms with E-state index in [4.69, 9.17) is 4.74 Å². The van der Waals surface area contributed by atoms with Gasteiger partial charge in [0.1, 0.15) is 17.9 Å². The van der Waals surface area contributed by atoms with Gasteiger partial charge in [-0.25, -0.2) is 0 Å². The Morgan fingerprint density at radius 1 is 1.24 bits per heavy atom. The second-order valence-electron chi connectivity index (χ2n) is 6.31. The fourth-order valence-electron chi connectivity index (χ4n) is 3.06. The van der Waals surface area contributed by atoms with Gasteiger partial charge in [-0.15, -0.1) is 0 Å². The fourth-order valence-corrected chi connectivity index (χ4v) is 3.06. The van der Waals surface area contributed by atoms with Crippen LogP contribution >= 0.6 is 0 Å². The normalized spacial score (nSPS) is 16.2. The van der Waals surface area contributed by atoms with Crippen LogP contribution in [-0.4, -0.2) is 50.7 Å². The first kappa shape index (κ1) is 18.9. The minimum Gasteiger partial charge on any atom is -0.451 e. The molecule has 1 saturated heterocycles. The lowest BCUT2D eigenvalue weighted by atomic mass is 10.2. The number of rotatable bonds is 5. The standard InChI is InChI=1S/C16H24N4O5/c1-11-15(20(23)24)12(2)19(17-11)10-14(21)25-13(3)16(22)18-8-6-4-5-7-9-18/h13H,4-10H2,1-3H3. The van der Waals surface area contributed by atoms with Crippen LogP contribution in [0.5, 0.6) is 0 Å². The van der Waals surface area contributed by atoms with Crippen LogP contribution in [0.25, 0.3) is 0 Å². The summed E-state index contributed by atoms with van der Waals surface area (Å²) in [4.78, 5) is 36.7. The van der Waals surface area contributed by atoms with Gasteiger partial charge >= 0.3 is 11.7 Å². The molecule has 1 aliphatic heterocycles. The van der Waals surface area contributed by atoms with E-state index in [0.29, 0.717) is 13.1 Å². The van der Waals surface area contributed by atoms with E-state index in [1.54, 1.807) is 11.8 Å². The Morgan fingerprint density at radius 3 is 2.36 bits per heavy atom. The first-order valence-electron chi connectivity index (χ1n) is 8.48. The van der Waals surface area contributed by atoms with Crippen molar-refractivity contribution in [1.82, 2.24) is 14.7 Å². The van der Waals surface area contributed by atoms with Crippen molar-refractivity contribution in [1.29, 1.82) is 0 Å². The van der Waals surface area contributed by atoms with Gasteiger partial charge in [0.05, 0.1) is 4.92 Å². The summed E-state index contributed by atoms with van der Waals surface area (Å²) in [5.74, 6) is -0.842. The number of hydrogen-bond donors (Lipinski definition) is 0. The first-order valence-corrected chi connectivity index (χ1v) is 8.48. The van der Waals surface area contributed by atoms with E-state index in [2.05, 4.69) is 5.10 Å². The summed E-state index contributed by atoms with van der Waals surface area (Å²) in [6.07, 6.45) is 3.25. The van der Waals surface area contributed by atoms with E-state index in [-0.39, 0.29) is 29.5 Å². The molecule has 9 heteroatoms. The zero-order chi connectivity index (χ0) is 18.6. The van der Waals surface area contributed by atoms with Crippen LogP contribution in [0.4, 0.5) is 5.69 Å². The molecule has 138 valence electrons. The highest BCUT2D eigenvalue weighted by atomic mass is 16.6. The number of nitrogens with zero attached hydrogens (tertiary/aromatic N) is 4. The first-order chi connectivity index (χ1) is 11.8. The van der Waals surface area contributed by atoms with Gasteiger partial charge < -0.3 is 9.64 Å². The Bertz CT molecular complexity index is 662. The summed E-state index contributed by atoms with van der Waals surface area (Å²) < 4.78 is 6.45. The highest BCUT2D eigenvalue weighted by molar-refractivity contribution is 5.83. The van der Waals surface area contributed by atoms with Gasteiger partial charge in [0.2, 0.25) is 0 Å². The molecule has 9 nitrogen and oxygen atoms in total. The molecule has 1 atom stereocenters. The van der Waals surface area contributed by atoms with Crippen molar-refractivity contribution in [3.05, 3.63) is 21.5 Å². The number of hydrogen-bond acceptors (Lipinski definition) is 6. The van der Waals surface area contributed by atoms with Gasteiger partial charge in [-0.05, 0) is 33.6 Å². The third kappa shape index (κ3) is 4.55. The van der Waals surface area contributed by atoms with Crippen LogP contribution in [0.2, 0.25) is 0 Å². The molecule has 1 aromatic heterocycles. The van der Waals surface area contributed by atoms with Gasteiger partial charge in [-0.3, -0.25) is 24.4 Å². The molecule has 0 radical (unpaired) electrons. The lowest BCUT2D eigenvalue weighted by molar-refractivity contribution is -0.386. The van der Waals surface area contributed by atoms with Gasteiger partial charge in [0.15, 0.2) is 6.10 Å². The Hall–Kier alpha value is -2.45. The zero-order valence-corrected chi connectivity index (χ0v) is 14.9. The minimum absolute atomic E-state index is 0.110. The van der Waals surface area contributed by atoms with E-state index < -0.39 is 17.0 Å². The molecule has 2 rings (SSSR count). The second-order valence-corrected chi connectivity index (χ2v) is 6.31. The summed E-state index contributed by atoms with van der Waals surface area (Å²) in [6, 6.07) is 0. The van der Waals surface area contributed by atoms with Crippen molar-refractivity contribution in [2.45, 2.75) is 59.1 Å². The quantitative estimate of drug-likeness (QED) is 0.454. The molecule has 0 aliphatic carbocycles. The summed E-state index contributed by atoms with van der Waals surface area (Å²) in [7, 11) is 0. The summed E-state index contributed by atoms with van der Waals surface area (Å²) >= 11 is 0. The predicted molar refractivity (Wildman–Crippen MR) is 89.0 cm³/mol. The van der Waals surface area contributed by atoms with Crippen molar-refractivity contribution >= 4 is 17.6 Å². The molecule has 2 heterocycles. The molecule has 0 bridgehead atoms. The summed E-state index contributed by atoms with van der Waals surface area (Å²) in [5.41, 5.74) is 0.413. The highest BCUT2D eigenvalue weighted by Gasteiger charge is 2.26. The molecule has 0 saturated carbocycles. The largest absolute Gasteiger partial charge is 0.451 e. The van der Waals surface area contributed by atoms with Gasteiger partial charge in [-0.1, -0.05) is 12.8 Å². The molecule has 0 spiro atoms. The number of aromatic nitrogens is 2. The lowest BCUT2D eigenvalue weighted by Crippen LogP contribution is -2.40. The monoisotopic (exact) mass is 352 g/mol. The number of carbonyl (C=O) groups is 2. The van der Waals surface area contributed by atoms with Crippen molar-refractivity contribution in [2.75, 3.05) is 13.1 Å². The van der Waals surface area contributed by atoms with Crippen LogP contribution in [0, 0.1) is 24.0 Å². The van der Waals surface area contributed by atoms with Crippen LogP contribution in [-0.2, 0) is 20.9 Å². The average Bonchev–Trinajstić information content (AvgIpc) is 2.73. The SMILES string of the molecule is Cc1nn(CC(=O)OC(C)C(=O)N2CCCCCC2)c(C)c1[N+](=O)[O-]. The van der Waals surface area contributed by atoms with Crippen LogP contribution in [0.3, 0.4) is 0 Å². The lowest BCUT2D eigenvalue weighted by Gasteiger charge is -2.24. The third-order valence-electron chi connectivity index (χ3n) is 4.38. The number of nitro groups is 1. The fraction of sp³-hybridized carbons (Fsp3) is 0.688. The molecule has 1 fully saturated rings. The van der Waals surface area contributed by atoms with Crippen molar-refractivity contribution in [3.63, 3.8) is 0 Å². The molecule has 1 aliphatic rings. The molecule has 1 unspecified atom stereocenters. The molecule has 0 aromatic carbocycles. The molecule has 1 amide bonds. The van der Waals surface area contributed by atoms with Crippen molar-refractivity contribution in [2.24, 2.45) is 0 Å². The zero-order valence-electron chi connectivity index (χ0n) is 14.9. The molecule has 0 N–H and O–H groups in total.